The molecule has 28 heavy (non-hydrogen) atoms. The summed E-state index contributed by atoms with van der Waals surface area (Å²) in [7, 11) is 0. The molecule has 0 saturated heterocycles. The van der Waals surface area contributed by atoms with Gasteiger partial charge in [-0.15, -0.1) is 0 Å². The lowest BCUT2D eigenvalue weighted by atomic mass is 10.1. The molecule has 138 valence electrons. The van der Waals surface area contributed by atoms with Crippen LogP contribution < -0.4 is 10.6 Å². The Morgan fingerprint density at radius 1 is 1.00 bits per heavy atom. The Morgan fingerprint density at radius 3 is 2.43 bits per heavy atom. The molecule has 0 aromatic heterocycles. The van der Waals surface area contributed by atoms with Crippen LogP contribution in [-0.4, -0.2) is 17.5 Å². The molecule has 0 spiro atoms. The van der Waals surface area contributed by atoms with Crippen LogP contribution in [0.2, 0.25) is 5.02 Å². The van der Waals surface area contributed by atoms with Crippen molar-refractivity contribution >= 4 is 46.2 Å². The summed E-state index contributed by atoms with van der Waals surface area (Å²) in [5, 5.41) is 6.05. The average Bonchev–Trinajstić information content (AvgIpc) is 3.01. The van der Waals surface area contributed by atoms with Crippen molar-refractivity contribution in [1.29, 1.82) is 0 Å². The van der Waals surface area contributed by atoms with E-state index in [0.29, 0.717) is 33.2 Å². The smallest absolute Gasteiger partial charge is 0.275 e. The first kappa shape index (κ1) is 17.9. The van der Waals surface area contributed by atoms with E-state index in [0.717, 1.165) is 11.3 Å². The number of aliphatic imine (C=N–C) groups is 1. The van der Waals surface area contributed by atoms with E-state index < -0.39 is 0 Å². The van der Waals surface area contributed by atoms with Crippen LogP contribution >= 0.6 is 11.6 Å². The molecular formula is C22H16ClN3O2. The minimum atomic E-state index is -0.302. The number of benzene rings is 3. The third-order valence-corrected chi connectivity index (χ3v) is 4.72. The quantitative estimate of drug-likeness (QED) is 0.663. The van der Waals surface area contributed by atoms with Gasteiger partial charge < -0.3 is 10.6 Å². The summed E-state index contributed by atoms with van der Waals surface area (Å²) >= 11 is 6.12. The molecule has 0 unspecified atom stereocenters. The zero-order chi connectivity index (χ0) is 19.7. The molecule has 3 aromatic rings. The Kier molecular flexibility index (Phi) is 4.67. The van der Waals surface area contributed by atoms with Gasteiger partial charge in [-0.2, -0.15) is 0 Å². The number of para-hydroxylation sites is 1. The standard InChI is InChI=1S/C22H16ClN3O2/c1-13-5-9-16(10-6-13)25-21(27)14-7-11-15(12-8-14)24-20-17-3-2-4-18(23)19(17)26-22(20)28/h2-12H,1H3,(H,25,27)(H,24,26,28). The zero-order valence-electron chi connectivity index (χ0n) is 15.0. The molecule has 2 amide bonds. The van der Waals surface area contributed by atoms with E-state index in [-0.39, 0.29) is 11.8 Å². The molecular weight excluding hydrogens is 374 g/mol. The number of nitrogens with zero attached hydrogens (tertiary/aromatic N) is 1. The number of fused-ring (bicyclic) bond motifs is 1. The predicted molar refractivity (Wildman–Crippen MR) is 112 cm³/mol. The van der Waals surface area contributed by atoms with Gasteiger partial charge in [0.25, 0.3) is 11.8 Å². The lowest BCUT2D eigenvalue weighted by Crippen LogP contribution is -2.14. The van der Waals surface area contributed by atoms with Gasteiger partial charge in [0, 0.05) is 16.8 Å². The first-order valence-corrected chi connectivity index (χ1v) is 9.06. The molecule has 0 fully saturated rings. The van der Waals surface area contributed by atoms with E-state index in [4.69, 9.17) is 11.6 Å². The molecule has 1 aliphatic rings. The van der Waals surface area contributed by atoms with Crippen LogP contribution in [0.25, 0.3) is 0 Å². The summed E-state index contributed by atoms with van der Waals surface area (Å²) in [6.45, 7) is 1.99. The van der Waals surface area contributed by atoms with Gasteiger partial charge in [-0.25, -0.2) is 4.99 Å². The Labute approximate surface area is 167 Å². The molecule has 0 atom stereocenters. The van der Waals surface area contributed by atoms with Crippen LogP contribution in [0.3, 0.4) is 0 Å². The van der Waals surface area contributed by atoms with Crippen LogP contribution in [-0.2, 0) is 4.79 Å². The highest BCUT2D eigenvalue weighted by Crippen LogP contribution is 2.32. The Bertz CT molecular complexity index is 1100. The second kappa shape index (κ2) is 7.29. The van der Waals surface area contributed by atoms with Gasteiger partial charge in [0.1, 0.15) is 5.71 Å². The van der Waals surface area contributed by atoms with Crippen molar-refractivity contribution in [2.45, 2.75) is 6.92 Å². The molecule has 2 N–H and O–H groups in total. The number of rotatable bonds is 3. The molecule has 0 radical (unpaired) electrons. The van der Waals surface area contributed by atoms with Crippen LogP contribution in [0, 0.1) is 6.92 Å². The summed E-state index contributed by atoms with van der Waals surface area (Å²) < 4.78 is 0. The molecule has 0 saturated carbocycles. The van der Waals surface area contributed by atoms with E-state index in [9.17, 15) is 9.59 Å². The Balaban J connectivity index is 1.55. The van der Waals surface area contributed by atoms with Gasteiger partial charge in [-0.3, -0.25) is 9.59 Å². The van der Waals surface area contributed by atoms with Crippen molar-refractivity contribution in [1.82, 2.24) is 0 Å². The van der Waals surface area contributed by atoms with Crippen LogP contribution in [0.1, 0.15) is 21.5 Å². The summed E-state index contributed by atoms with van der Waals surface area (Å²) in [6, 6.07) is 19.6. The molecule has 6 heteroatoms. The summed E-state index contributed by atoms with van der Waals surface area (Å²) in [5.74, 6) is -0.511. The minimum Gasteiger partial charge on any atom is -0.322 e. The van der Waals surface area contributed by atoms with Crippen molar-refractivity contribution in [3.8, 4) is 0 Å². The highest BCUT2D eigenvalue weighted by molar-refractivity contribution is 6.55. The van der Waals surface area contributed by atoms with Gasteiger partial charge >= 0.3 is 0 Å². The van der Waals surface area contributed by atoms with Crippen molar-refractivity contribution < 1.29 is 9.59 Å². The summed E-state index contributed by atoms with van der Waals surface area (Å²) in [5.41, 5.74) is 4.47. The Hall–Kier alpha value is -3.44. The second-order valence-corrected chi connectivity index (χ2v) is 6.85. The number of amides is 2. The van der Waals surface area contributed by atoms with Gasteiger partial charge in [-0.1, -0.05) is 41.4 Å². The highest BCUT2D eigenvalue weighted by Gasteiger charge is 2.27. The van der Waals surface area contributed by atoms with Gasteiger partial charge in [0.05, 0.1) is 16.4 Å². The second-order valence-electron chi connectivity index (χ2n) is 6.44. The third-order valence-electron chi connectivity index (χ3n) is 4.40. The van der Waals surface area contributed by atoms with Crippen molar-refractivity contribution in [2.75, 3.05) is 10.6 Å². The number of aryl methyl sites for hydroxylation is 1. The maximum absolute atomic E-state index is 12.4. The topological polar surface area (TPSA) is 70.6 Å². The fraction of sp³-hybridized carbons (Fsp3) is 0.0455. The molecule has 0 bridgehead atoms. The monoisotopic (exact) mass is 389 g/mol. The van der Waals surface area contributed by atoms with E-state index in [2.05, 4.69) is 15.6 Å². The first-order valence-electron chi connectivity index (χ1n) is 8.68. The number of hydrogen-bond acceptors (Lipinski definition) is 3. The average molecular weight is 390 g/mol. The number of carbonyl (C=O) groups is 2. The van der Waals surface area contributed by atoms with Crippen LogP contribution in [0.4, 0.5) is 17.1 Å². The molecule has 3 aromatic carbocycles. The van der Waals surface area contributed by atoms with E-state index in [1.54, 1.807) is 42.5 Å². The summed E-state index contributed by atoms with van der Waals surface area (Å²) in [4.78, 5) is 29.0. The van der Waals surface area contributed by atoms with Crippen molar-refractivity contribution in [3.63, 3.8) is 0 Å². The largest absolute Gasteiger partial charge is 0.322 e. The molecule has 1 heterocycles. The predicted octanol–water partition coefficient (Wildman–Crippen LogP) is 4.97. The lowest BCUT2D eigenvalue weighted by molar-refractivity contribution is -0.110. The molecule has 5 nitrogen and oxygen atoms in total. The number of anilines is 2. The first-order chi connectivity index (χ1) is 13.5. The minimum absolute atomic E-state index is 0.209. The van der Waals surface area contributed by atoms with Crippen LogP contribution in [0.15, 0.2) is 71.7 Å². The summed E-state index contributed by atoms with van der Waals surface area (Å²) in [6.07, 6.45) is 0. The van der Waals surface area contributed by atoms with E-state index in [1.165, 1.54) is 0 Å². The Morgan fingerprint density at radius 2 is 1.71 bits per heavy atom. The molecule has 1 aliphatic heterocycles. The van der Waals surface area contributed by atoms with Crippen LogP contribution in [0.5, 0.6) is 0 Å². The third kappa shape index (κ3) is 3.52. The van der Waals surface area contributed by atoms with E-state index >= 15 is 0 Å². The number of hydrogen-bond donors (Lipinski definition) is 2. The maximum atomic E-state index is 12.4. The lowest BCUT2D eigenvalue weighted by Gasteiger charge is -2.06. The zero-order valence-corrected chi connectivity index (χ0v) is 15.7. The maximum Gasteiger partial charge on any atom is 0.275 e. The number of halogens is 1. The SMILES string of the molecule is Cc1ccc(NC(=O)c2ccc(N=C3C(=O)Nc4c(Cl)cccc43)cc2)cc1. The van der Waals surface area contributed by atoms with Gasteiger partial charge in [0.15, 0.2) is 0 Å². The van der Waals surface area contributed by atoms with E-state index in [1.807, 2.05) is 31.2 Å². The molecule has 4 rings (SSSR count). The number of nitrogens with one attached hydrogen (secondary N) is 2. The van der Waals surface area contributed by atoms with Gasteiger partial charge in [0.2, 0.25) is 0 Å². The molecule has 0 aliphatic carbocycles. The van der Waals surface area contributed by atoms with Crippen molar-refractivity contribution in [3.05, 3.63) is 88.4 Å². The fourth-order valence-electron chi connectivity index (χ4n) is 2.91. The van der Waals surface area contributed by atoms with Crippen molar-refractivity contribution in [2.24, 2.45) is 4.99 Å². The number of carbonyl (C=O) groups excluding carboxylic acids is 2. The normalized spacial score (nSPS) is 13.9. The highest BCUT2D eigenvalue weighted by atomic mass is 35.5. The van der Waals surface area contributed by atoms with Gasteiger partial charge in [-0.05, 0) is 49.4 Å². The fourth-order valence-corrected chi connectivity index (χ4v) is 3.13.